The van der Waals surface area contributed by atoms with E-state index >= 15 is 0 Å². The van der Waals surface area contributed by atoms with Gasteiger partial charge in [0.1, 0.15) is 6.54 Å². The smallest absolute Gasteiger partial charge is 0.405 e. The Bertz CT molecular complexity index is 478. The van der Waals surface area contributed by atoms with E-state index in [4.69, 9.17) is 14.2 Å². The van der Waals surface area contributed by atoms with Crippen LogP contribution in [0.3, 0.4) is 0 Å². The van der Waals surface area contributed by atoms with Crippen LogP contribution < -0.4 is 19.5 Å². The number of aryl methyl sites for hydroxylation is 1. The monoisotopic (exact) mass is 307 g/mol. The molecule has 8 heteroatoms. The van der Waals surface area contributed by atoms with Gasteiger partial charge in [0.25, 0.3) is 5.91 Å². The van der Waals surface area contributed by atoms with E-state index in [1.54, 1.807) is 17.4 Å². The van der Waals surface area contributed by atoms with Crippen LogP contribution in [-0.2, 0) is 4.79 Å². The summed E-state index contributed by atoms with van der Waals surface area (Å²) >= 11 is 0. The average Bonchev–Trinajstić information content (AvgIpc) is 2.41. The molecule has 0 aliphatic carbocycles. The van der Waals surface area contributed by atoms with Crippen molar-refractivity contribution in [2.45, 2.75) is 13.1 Å². The van der Waals surface area contributed by atoms with Gasteiger partial charge in [0.05, 0.1) is 14.2 Å². The van der Waals surface area contributed by atoms with Crippen LogP contribution in [-0.4, -0.2) is 39.5 Å². The molecule has 21 heavy (non-hydrogen) atoms. The SMILES string of the molecule is COc1cc(C)cc(OC)c1OCC(=O)NCC(F)(F)F. The number of rotatable bonds is 6. The standard InChI is InChI=1S/C13H16F3NO4/c1-8-4-9(19-2)12(10(5-8)20-3)21-6-11(18)17-7-13(14,15)16/h4-5H,6-7H2,1-3H3,(H,17,18). The van der Waals surface area contributed by atoms with Crippen LogP contribution in [0.5, 0.6) is 17.2 Å². The summed E-state index contributed by atoms with van der Waals surface area (Å²) in [5.41, 5.74) is 0.845. The maximum atomic E-state index is 12.0. The first kappa shape index (κ1) is 16.9. The molecule has 118 valence electrons. The largest absolute Gasteiger partial charge is 0.493 e. The molecule has 0 bridgehead atoms. The molecule has 0 saturated carbocycles. The van der Waals surface area contributed by atoms with Crippen molar-refractivity contribution in [1.82, 2.24) is 5.32 Å². The van der Waals surface area contributed by atoms with Crippen molar-refractivity contribution in [2.24, 2.45) is 0 Å². The van der Waals surface area contributed by atoms with E-state index in [0.29, 0.717) is 11.5 Å². The summed E-state index contributed by atoms with van der Waals surface area (Å²) in [6, 6.07) is 3.32. The molecule has 1 N–H and O–H groups in total. The molecule has 0 radical (unpaired) electrons. The Morgan fingerprint density at radius 1 is 1.19 bits per heavy atom. The number of methoxy groups -OCH3 is 2. The van der Waals surface area contributed by atoms with Crippen LogP contribution in [0.25, 0.3) is 0 Å². The van der Waals surface area contributed by atoms with E-state index in [9.17, 15) is 18.0 Å². The minimum atomic E-state index is -4.46. The minimum Gasteiger partial charge on any atom is -0.493 e. The van der Waals surface area contributed by atoms with Gasteiger partial charge in [-0.2, -0.15) is 13.2 Å². The highest BCUT2D eigenvalue weighted by Crippen LogP contribution is 2.38. The Hall–Kier alpha value is -2.12. The first-order valence-electron chi connectivity index (χ1n) is 5.95. The number of alkyl halides is 3. The highest BCUT2D eigenvalue weighted by Gasteiger charge is 2.27. The third kappa shape index (κ3) is 5.41. The molecule has 1 aromatic carbocycles. The number of carbonyl (C=O) groups is 1. The second-order valence-electron chi connectivity index (χ2n) is 4.18. The number of hydrogen-bond acceptors (Lipinski definition) is 4. The molecule has 0 atom stereocenters. The Morgan fingerprint density at radius 3 is 2.14 bits per heavy atom. The summed E-state index contributed by atoms with van der Waals surface area (Å²) in [5.74, 6) is -0.0734. The summed E-state index contributed by atoms with van der Waals surface area (Å²) in [5, 5.41) is 1.71. The molecule has 1 aromatic rings. The first-order valence-corrected chi connectivity index (χ1v) is 5.95. The molecule has 5 nitrogen and oxygen atoms in total. The van der Waals surface area contributed by atoms with Crippen LogP contribution in [0.1, 0.15) is 5.56 Å². The van der Waals surface area contributed by atoms with Gasteiger partial charge in [-0.1, -0.05) is 0 Å². The Balaban J connectivity index is 2.72. The Labute approximate surface area is 120 Å². The van der Waals surface area contributed by atoms with E-state index in [-0.39, 0.29) is 5.75 Å². The van der Waals surface area contributed by atoms with Gasteiger partial charge in [-0.3, -0.25) is 4.79 Å². The van der Waals surface area contributed by atoms with Crippen LogP contribution >= 0.6 is 0 Å². The number of ether oxygens (including phenoxy) is 3. The van der Waals surface area contributed by atoms with E-state index in [1.165, 1.54) is 14.2 Å². The highest BCUT2D eigenvalue weighted by molar-refractivity contribution is 5.77. The molecule has 0 aliphatic rings. The number of halogens is 3. The van der Waals surface area contributed by atoms with Crippen LogP contribution in [0.4, 0.5) is 13.2 Å². The predicted octanol–water partition coefficient (Wildman–Crippen LogP) is 2.07. The van der Waals surface area contributed by atoms with Crippen molar-refractivity contribution in [3.05, 3.63) is 17.7 Å². The number of benzene rings is 1. The second kappa shape index (κ2) is 7.05. The normalized spacial score (nSPS) is 11.0. The van der Waals surface area contributed by atoms with Crippen molar-refractivity contribution in [1.29, 1.82) is 0 Å². The Kier molecular flexibility index (Phi) is 5.69. The van der Waals surface area contributed by atoms with Gasteiger partial charge in [-0.15, -0.1) is 0 Å². The van der Waals surface area contributed by atoms with Gasteiger partial charge in [0.2, 0.25) is 5.75 Å². The van der Waals surface area contributed by atoms with Gasteiger partial charge in [-0.25, -0.2) is 0 Å². The van der Waals surface area contributed by atoms with Gasteiger partial charge >= 0.3 is 6.18 Å². The van der Waals surface area contributed by atoms with E-state index in [2.05, 4.69) is 0 Å². The lowest BCUT2D eigenvalue weighted by Gasteiger charge is -2.15. The molecular formula is C13H16F3NO4. The molecule has 1 amide bonds. The van der Waals surface area contributed by atoms with Crippen LogP contribution in [0, 0.1) is 6.92 Å². The molecule has 0 unspecified atom stereocenters. The van der Waals surface area contributed by atoms with Crippen LogP contribution in [0.15, 0.2) is 12.1 Å². The Morgan fingerprint density at radius 2 is 1.71 bits per heavy atom. The van der Waals surface area contributed by atoms with Crippen molar-refractivity contribution in [3.8, 4) is 17.2 Å². The topological polar surface area (TPSA) is 56.8 Å². The fourth-order valence-corrected chi connectivity index (χ4v) is 1.54. The summed E-state index contributed by atoms with van der Waals surface area (Å²) in [4.78, 5) is 11.3. The van der Waals surface area contributed by atoms with Crippen molar-refractivity contribution in [3.63, 3.8) is 0 Å². The lowest BCUT2D eigenvalue weighted by atomic mass is 10.2. The van der Waals surface area contributed by atoms with Crippen molar-refractivity contribution < 1.29 is 32.2 Å². The fraction of sp³-hybridized carbons (Fsp3) is 0.462. The van der Waals surface area contributed by atoms with E-state index < -0.39 is 25.2 Å². The highest BCUT2D eigenvalue weighted by atomic mass is 19.4. The third-order valence-electron chi connectivity index (χ3n) is 2.44. The molecule has 0 aliphatic heterocycles. The average molecular weight is 307 g/mol. The molecule has 0 saturated heterocycles. The number of amides is 1. The zero-order valence-electron chi connectivity index (χ0n) is 11.8. The van der Waals surface area contributed by atoms with Gasteiger partial charge < -0.3 is 19.5 Å². The molecule has 0 aromatic heterocycles. The molecule has 0 spiro atoms. The van der Waals surface area contributed by atoms with Crippen molar-refractivity contribution in [2.75, 3.05) is 27.4 Å². The summed E-state index contributed by atoms with van der Waals surface area (Å²) in [6.07, 6.45) is -4.46. The molecule has 0 heterocycles. The molecular weight excluding hydrogens is 291 g/mol. The third-order valence-corrected chi connectivity index (χ3v) is 2.44. The lowest BCUT2D eigenvalue weighted by Crippen LogP contribution is -2.36. The fourth-order valence-electron chi connectivity index (χ4n) is 1.54. The minimum absolute atomic E-state index is 0.160. The maximum absolute atomic E-state index is 12.0. The van der Waals surface area contributed by atoms with Gasteiger partial charge in [-0.05, 0) is 24.6 Å². The summed E-state index contributed by atoms with van der Waals surface area (Å²) in [6.45, 7) is -0.173. The van der Waals surface area contributed by atoms with E-state index in [0.717, 1.165) is 5.56 Å². The van der Waals surface area contributed by atoms with Gasteiger partial charge in [0, 0.05) is 0 Å². The van der Waals surface area contributed by atoms with E-state index in [1.807, 2.05) is 6.92 Å². The number of carbonyl (C=O) groups excluding carboxylic acids is 1. The zero-order valence-corrected chi connectivity index (χ0v) is 11.8. The molecule has 0 fully saturated rings. The summed E-state index contributed by atoms with van der Waals surface area (Å²) < 4.78 is 51.3. The number of hydrogen-bond donors (Lipinski definition) is 1. The molecule has 1 rings (SSSR count). The quantitative estimate of drug-likeness (QED) is 0.874. The second-order valence-corrected chi connectivity index (χ2v) is 4.18. The van der Waals surface area contributed by atoms with Crippen LogP contribution in [0.2, 0.25) is 0 Å². The maximum Gasteiger partial charge on any atom is 0.405 e. The van der Waals surface area contributed by atoms with Gasteiger partial charge in [0.15, 0.2) is 18.1 Å². The number of nitrogens with one attached hydrogen (secondary N) is 1. The lowest BCUT2D eigenvalue weighted by molar-refractivity contribution is -0.139. The zero-order chi connectivity index (χ0) is 16.0. The van der Waals surface area contributed by atoms with Crippen molar-refractivity contribution >= 4 is 5.91 Å². The summed E-state index contributed by atoms with van der Waals surface area (Å²) in [7, 11) is 2.82. The first-order chi connectivity index (χ1) is 9.76. The predicted molar refractivity (Wildman–Crippen MR) is 68.8 cm³/mol.